The van der Waals surface area contributed by atoms with Crippen molar-refractivity contribution in [2.24, 2.45) is 0 Å². The molecular weight excluding hydrogens is 228 g/mol. The van der Waals surface area contributed by atoms with Crippen LogP contribution in [0.4, 0.5) is 0 Å². The highest BCUT2D eigenvalue weighted by molar-refractivity contribution is 6.79. The Bertz CT molecular complexity index is 232. The Kier molecular flexibility index (Phi) is 8.22. The molecule has 0 heterocycles. The van der Waals surface area contributed by atoms with E-state index in [4.69, 9.17) is 4.74 Å². The van der Waals surface area contributed by atoms with Gasteiger partial charge < -0.3 is 4.74 Å². The highest BCUT2D eigenvalue weighted by Crippen LogP contribution is 2.26. The third kappa shape index (κ3) is 6.06. The molecule has 0 aromatic rings. The van der Waals surface area contributed by atoms with Crippen molar-refractivity contribution < 1.29 is 9.53 Å². The maximum Gasteiger partial charge on any atom is 0.332 e. The van der Waals surface area contributed by atoms with E-state index in [1.54, 1.807) is 6.92 Å². The van der Waals surface area contributed by atoms with Gasteiger partial charge in [-0.1, -0.05) is 64.7 Å². The van der Waals surface area contributed by atoms with Crippen molar-refractivity contribution >= 4 is 14.0 Å². The van der Waals surface area contributed by atoms with E-state index in [0.29, 0.717) is 11.8 Å². The third-order valence-electron chi connectivity index (χ3n) is 3.20. The minimum absolute atomic E-state index is 0.217. The van der Waals surface area contributed by atoms with Gasteiger partial charge in [0.25, 0.3) is 0 Å². The van der Waals surface area contributed by atoms with Crippen LogP contribution in [0, 0.1) is 0 Å². The van der Waals surface area contributed by atoms with Gasteiger partial charge in [-0.3, -0.25) is 0 Å². The summed E-state index contributed by atoms with van der Waals surface area (Å²) >= 11 is 0. The highest BCUT2D eigenvalue weighted by atomic mass is 28.3. The second-order valence-electron chi connectivity index (χ2n) is 5.11. The molecule has 0 saturated carbocycles. The van der Waals surface area contributed by atoms with E-state index < -0.39 is 8.07 Å². The number of carbonyl (C=O) groups is 1. The summed E-state index contributed by atoms with van der Waals surface area (Å²) in [5.74, 6) is -0.217. The normalized spacial score (nSPS) is 11.3. The Hall–Kier alpha value is -0.573. The Morgan fingerprint density at radius 2 is 1.47 bits per heavy atom. The first-order chi connectivity index (χ1) is 8.01. The lowest BCUT2D eigenvalue weighted by Crippen LogP contribution is -2.40. The van der Waals surface area contributed by atoms with Crippen molar-refractivity contribution in [2.75, 3.05) is 6.23 Å². The fraction of sp³-hybridized carbons (Fsp3) is 0.786. The molecule has 3 heteroatoms. The standard InChI is InChI=1S/C14H28O2Si/c1-6-9-17(10-7-2,11-8-3)12-16-14(15)13(4)5/h4,6-12H2,1-3,5H3. The summed E-state index contributed by atoms with van der Waals surface area (Å²) in [6.45, 7) is 12.0. The number of hydrogen-bond acceptors (Lipinski definition) is 2. The van der Waals surface area contributed by atoms with E-state index in [1.165, 1.54) is 37.4 Å². The molecule has 0 bridgehead atoms. The molecule has 0 aromatic heterocycles. The van der Waals surface area contributed by atoms with E-state index in [1.807, 2.05) is 0 Å². The van der Waals surface area contributed by atoms with Gasteiger partial charge in [0.2, 0.25) is 0 Å². The number of carbonyl (C=O) groups excluding carboxylic acids is 1. The molecule has 0 aliphatic rings. The van der Waals surface area contributed by atoms with E-state index in [9.17, 15) is 4.79 Å². The SMILES string of the molecule is C=C(C)C(=O)OC[Si](CCC)(CCC)CCC. The Morgan fingerprint density at radius 3 is 1.76 bits per heavy atom. The molecule has 0 fully saturated rings. The van der Waals surface area contributed by atoms with Crippen LogP contribution in [-0.2, 0) is 9.53 Å². The lowest BCUT2D eigenvalue weighted by molar-refractivity contribution is -0.137. The first kappa shape index (κ1) is 16.4. The molecule has 0 amide bonds. The fourth-order valence-electron chi connectivity index (χ4n) is 2.52. The zero-order valence-corrected chi connectivity index (χ0v) is 13.0. The minimum atomic E-state index is -1.39. The predicted octanol–water partition coefficient (Wildman–Crippen LogP) is 4.32. The fourth-order valence-corrected chi connectivity index (χ4v) is 7.33. The van der Waals surface area contributed by atoms with Crippen LogP contribution in [0.3, 0.4) is 0 Å². The number of hydrogen-bond donors (Lipinski definition) is 0. The second kappa shape index (κ2) is 8.51. The van der Waals surface area contributed by atoms with Crippen LogP contribution in [0.25, 0.3) is 0 Å². The molecule has 0 aliphatic heterocycles. The van der Waals surface area contributed by atoms with Crippen LogP contribution in [0.5, 0.6) is 0 Å². The van der Waals surface area contributed by atoms with Crippen LogP contribution < -0.4 is 0 Å². The molecule has 2 nitrogen and oxygen atoms in total. The smallest absolute Gasteiger partial charge is 0.332 e. The number of rotatable bonds is 9. The molecular formula is C14H28O2Si. The minimum Gasteiger partial charge on any atom is -0.466 e. The largest absolute Gasteiger partial charge is 0.466 e. The summed E-state index contributed by atoms with van der Waals surface area (Å²) in [7, 11) is -1.39. The molecule has 0 spiro atoms. The van der Waals surface area contributed by atoms with Crippen molar-refractivity contribution in [3.8, 4) is 0 Å². The summed E-state index contributed by atoms with van der Waals surface area (Å²) in [6, 6.07) is 3.83. The lowest BCUT2D eigenvalue weighted by Gasteiger charge is -2.30. The molecule has 100 valence electrons. The predicted molar refractivity (Wildman–Crippen MR) is 76.8 cm³/mol. The van der Waals surface area contributed by atoms with Gasteiger partial charge in [0.15, 0.2) is 0 Å². The molecule has 0 radical (unpaired) electrons. The lowest BCUT2D eigenvalue weighted by atomic mass is 10.4. The van der Waals surface area contributed by atoms with Crippen molar-refractivity contribution in [2.45, 2.75) is 65.1 Å². The number of ether oxygens (including phenoxy) is 1. The molecule has 0 rings (SSSR count). The zero-order valence-electron chi connectivity index (χ0n) is 12.0. The second-order valence-corrected chi connectivity index (χ2v) is 9.90. The molecule has 0 unspecified atom stereocenters. The summed E-state index contributed by atoms with van der Waals surface area (Å²) < 4.78 is 5.45. The molecule has 0 atom stereocenters. The van der Waals surface area contributed by atoms with Gasteiger partial charge in [-0.25, -0.2) is 4.79 Å². The van der Waals surface area contributed by atoms with E-state index in [-0.39, 0.29) is 5.97 Å². The van der Waals surface area contributed by atoms with Crippen LogP contribution in [0.2, 0.25) is 18.1 Å². The molecule has 0 aromatic carbocycles. The van der Waals surface area contributed by atoms with Crippen molar-refractivity contribution in [3.05, 3.63) is 12.2 Å². The van der Waals surface area contributed by atoms with Crippen molar-refractivity contribution in [3.63, 3.8) is 0 Å². The Morgan fingerprint density at radius 1 is 1.06 bits per heavy atom. The number of esters is 1. The van der Waals surface area contributed by atoms with Crippen LogP contribution in [0.1, 0.15) is 47.0 Å². The summed E-state index contributed by atoms with van der Waals surface area (Å²) in [4.78, 5) is 11.5. The first-order valence-corrected chi connectivity index (χ1v) is 9.66. The van der Waals surface area contributed by atoms with E-state index in [0.717, 1.165) is 0 Å². The first-order valence-electron chi connectivity index (χ1n) is 6.84. The van der Waals surface area contributed by atoms with Gasteiger partial charge in [0, 0.05) is 5.57 Å². The van der Waals surface area contributed by atoms with Crippen molar-refractivity contribution in [1.29, 1.82) is 0 Å². The highest BCUT2D eigenvalue weighted by Gasteiger charge is 2.32. The average molecular weight is 256 g/mol. The van der Waals surface area contributed by atoms with Crippen molar-refractivity contribution in [1.82, 2.24) is 0 Å². The molecule has 0 saturated heterocycles. The summed E-state index contributed by atoms with van der Waals surface area (Å²) in [5.41, 5.74) is 0.511. The van der Waals surface area contributed by atoms with Gasteiger partial charge in [-0.05, 0) is 6.92 Å². The van der Waals surface area contributed by atoms with Gasteiger partial charge in [0.05, 0.1) is 14.3 Å². The quantitative estimate of drug-likeness (QED) is 0.349. The summed E-state index contributed by atoms with van der Waals surface area (Å²) in [6.07, 6.45) is 4.30. The Balaban J connectivity index is 4.53. The molecule has 0 N–H and O–H groups in total. The topological polar surface area (TPSA) is 26.3 Å². The van der Waals surface area contributed by atoms with Gasteiger partial charge in [0.1, 0.15) is 0 Å². The Labute approximate surface area is 107 Å². The monoisotopic (exact) mass is 256 g/mol. The van der Waals surface area contributed by atoms with E-state index >= 15 is 0 Å². The van der Waals surface area contributed by atoms with Crippen LogP contribution in [0.15, 0.2) is 12.2 Å². The van der Waals surface area contributed by atoms with E-state index in [2.05, 4.69) is 27.4 Å². The van der Waals surface area contributed by atoms with Gasteiger partial charge >= 0.3 is 5.97 Å². The molecule has 17 heavy (non-hydrogen) atoms. The maximum absolute atomic E-state index is 11.5. The third-order valence-corrected chi connectivity index (χ3v) is 8.64. The maximum atomic E-state index is 11.5. The van der Waals surface area contributed by atoms with Gasteiger partial charge in [-0.15, -0.1) is 0 Å². The summed E-state index contributed by atoms with van der Waals surface area (Å²) in [5, 5.41) is 0. The zero-order chi connectivity index (χ0) is 13.3. The van der Waals surface area contributed by atoms with Crippen LogP contribution in [-0.4, -0.2) is 20.3 Å². The van der Waals surface area contributed by atoms with Gasteiger partial charge in [-0.2, -0.15) is 0 Å². The molecule has 0 aliphatic carbocycles. The van der Waals surface area contributed by atoms with Crippen LogP contribution >= 0.6 is 0 Å². The average Bonchev–Trinajstić information content (AvgIpc) is 2.27.